The van der Waals surface area contributed by atoms with Crippen molar-refractivity contribution in [3.8, 4) is 0 Å². The maximum absolute atomic E-state index is 11.6. The smallest absolute Gasteiger partial charge is 0.341 e. The summed E-state index contributed by atoms with van der Waals surface area (Å²) in [7, 11) is 1.37. The van der Waals surface area contributed by atoms with Crippen molar-refractivity contribution in [1.82, 2.24) is 5.32 Å². The van der Waals surface area contributed by atoms with Gasteiger partial charge in [0.2, 0.25) is 0 Å². The Morgan fingerprint density at radius 3 is 2.81 bits per heavy atom. The first-order valence-electron chi connectivity index (χ1n) is 7.42. The third-order valence-electron chi connectivity index (χ3n) is 4.44. The minimum atomic E-state index is -0.358. The van der Waals surface area contributed by atoms with Crippen molar-refractivity contribution in [2.45, 2.75) is 52.8 Å². The molecule has 1 aromatic rings. The van der Waals surface area contributed by atoms with Crippen molar-refractivity contribution in [1.29, 1.82) is 0 Å². The first-order chi connectivity index (χ1) is 9.90. The number of aryl methyl sites for hydroxylation is 1. The van der Waals surface area contributed by atoms with Gasteiger partial charge in [-0.1, -0.05) is 13.8 Å². The third kappa shape index (κ3) is 3.14. The molecule has 0 bridgehead atoms. The molecule has 21 heavy (non-hydrogen) atoms. The fourth-order valence-electron chi connectivity index (χ4n) is 2.88. The fraction of sp³-hybridized carbons (Fsp3) is 0.688. The molecule has 0 amide bonds. The summed E-state index contributed by atoms with van der Waals surface area (Å²) in [6, 6.07) is 2.14. The molecule has 1 fully saturated rings. The van der Waals surface area contributed by atoms with E-state index in [2.05, 4.69) is 19.2 Å². The molecule has 1 N–H and O–H groups in total. The molecule has 2 unspecified atom stereocenters. The Bertz CT molecular complexity index is 506. The Hall–Kier alpha value is -1.33. The largest absolute Gasteiger partial charge is 0.465 e. The highest BCUT2D eigenvalue weighted by molar-refractivity contribution is 5.90. The molecule has 5 heteroatoms. The highest BCUT2D eigenvalue weighted by Gasteiger charge is 2.48. The second-order valence-corrected chi connectivity index (χ2v) is 6.11. The molecule has 1 heterocycles. The van der Waals surface area contributed by atoms with E-state index in [0.717, 1.165) is 18.8 Å². The summed E-state index contributed by atoms with van der Waals surface area (Å²) in [5.41, 5.74) is 0.609. The average Bonchev–Trinajstić information content (AvgIpc) is 2.82. The number of nitrogens with one attached hydrogen (secondary N) is 1. The van der Waals surface area contributed by atoms with E-state index in [1.54, 1.807) is 13.0 Å². The van der Waals surface area contributed by atoms with Gasteiger partial charge in [-0.2, -0.15) is 0 Å². The van der Waals surface area contributed by atoms with Gasteiger partial charge in [0, 0.05) is 18.1 Å². The lowest BCUT2D eigenvalue weighted by molar-refractivity contribution is -0.114. The van der Waals surface area contributed by atoms with Crippen LogP contribution in [-0.2, 0) is 16.0 Å². The van der Waals surface area contributed by atoms with Gasteiger partial charge in [-0.25, -0.2) is 4.79 Å². The molecular formula is C16H25NO4. The molecule has 1 saturated carbocycles. The normalized spacial score (nSPS) is 23.7. The number of rotatable bonds is 6. The number of methoxy groups -OCH3 is 1. The Morgan fingerprint density at radius 1 is 1.52 bits per heavy atom. The second-order valence-electron chi connectivity index (χ2n) is 6.11. The maximum atomic E-state index is 11.6. The van der Waals surface area contributed by atoms with Crippen LogP contribution in [0, 0.1) is 12.3 Å². The maximum Gasteiger partial charge on any atom is 0.341 e. The van der Waals surface area contributed by atoms with Gasteiger partial charge in [0.25, 0.3) is 0 Å². The zero-order valence-electron chi connectivity index (χ0n) is 13.5. The van der Waals surface area contributed by atoms with Crippen molar-refractivity contribution in [3.63, 3.8) is 0 Å². The van der Waals surface area contributed by atoms with Gasteiger partial charge in [0.05, 0.1) is 19.8 Å². The van der Waals surface area contributed by atoms with E-state index in [4.69, 9.17) is 13.9 Å². The first kappa shape index (κ1) is 16.0. The van der Waals surface area contributed by atoms with Crippen LogP contribution in [0.15, 0.2) is 10.5 Å². The molecule has 0 aliphatic heterocycles. The van der Waals surface area contributed by atoms with Gasteiger partial charge in [0.1, 0.15) is 17.1 Å². The monoisotopic (exact) mass is 295 g/mol. The van der Waals surface area contributed by atoms with Crippen LogP contribution >= 0.6 is 0 Å². The third-order valence-corrected chi connectivity index (χ3v) is 4.44. The molecule has 1 aliphatic rings. The van der Waals surface area contributed by atoms with Crippen LogP contribution < -0.4 is 5.32 Å². The first-order valence-corrected chi connectivity index (χ1v) is 7.42. The lowest BCUT2D eigenvalue weighted by Gasteiger charge is -2.51. The van der Waals surface area contributed by atoms with Gasteiger partial charge >= 0.3 is 5.97 Å². The molecule has 118 valence electrons. The van der Waals surface area contributed by atoms with E-state index in [1.807, 2.05) is 6.92 Å². The quantitative estimate of drug-likeness (QED) is 0.818. The van der Waals surface area contributed by atoms with Gasteiger partial charge < -0.3 is 19.2 Å². The Labute approximate surface area is 126 Å². The minimum Gasteiger partial charge on any atom is -0.465 e. The lowest BCUT2D eigenvalue weighted by Crippen LogP contribution is -2.60. The fourth-order valence-corrected chi connectivity index (χ4v) is 2.88. The minimum absolute atomic E-state index is 0.114. The lowest BCUT2D eigenvalue weighted by atomic mass is 9.64. The number of carbonyl (C=O) groups is 1. The van der Waals surface area contributed by atoms with Crippen LogP contribution in [0.2, 0.25) is 0 Å². The van der Waals surface area contributed by atoms with Crippen molar-refractivity contribution in [3.05, 3.63) is 23.2 Å². The molecule has 0 aromatic carbocycles. The van der Waals surface area contributed by atoms with E-state index in [-0.39, 0.29) is 11.4 Å². The van der Waals surface area contributed by atoms with Crippen molar-refractivity contribution in [2.75, 3.05) is 13.7 Å². The molecule has 1 aromatic heterocycles. The molecule has 5 nitrogen and oxygen atoms in total. The Morgan fingerprint density at radius 2 is 2.24 bits per heavy atom. The number of hydrogen-bond donors (Lipinski definition) is 1. The topological polar surface area (TPSA) is 60.7 Å². The zero-order chi connectivity index (χ0) is 15.6. The van der Waals surface area contributed by atoms with E-state index >= 15 is 0 Å². The number of ether oxygens (including phenoxy) is 2. The van der Waals surface area contributed by atoms with E-state index < -0.39 is 0 Å². The van der Waals surface area contributed by atoms with Crippen molar-refractivity contribution >= 4 is 5.97 Å². The highest BCUT2D eigenvalue weighted by Crippen LogP contribution is 2.42. The van der Waals surface area contributed by atoms with Crippen LogP contribution in [0.4, 0.5) is 0 Å². The number of furan rings is 1. The van der Waals surface area contributed by atoms with Gasteiger partial charge in [0.15, 0.2) is 0 Å². The predicted molar refractivity (Wildman–Crippen MR) is 79.2 cm³/mol. The Kier molecular flexibility index (Phi) is 4.74. The summed E-state index contributed by atoms with van der Waals surface area (Å²) in [6.07, 6.45) is 1.31. The van der Waals surface area contributed by atoms with E-state index in [9.17, 15) is 4.79 Å². The number of esters is 1. The zero-order valence-corrected chi connectivity index (χ0v) is 13.5. The van der Waals surface area contributed by atoms with E-state index in [1.165, 1.54) is 7.11 Å². The van der Waals surface area contributed by atoms with Crippen molar-refractivity contribution < 1.29 is 18.7 Å². The van der Waals surface area contributed by atoms with Crippen LogP contribution in [0.1, 0.15) is 49.1 Å². The highest BCUT2D eigenvalue weighted by atomic mass is 16.5. The molecule has 0 saturated heterocycles. The molecule has 0 spiro atoms. The van der Waals surface area contributed by atoms with Crippen LogP contribution in [-0.4, -0.2) is 31.8 Å². The van der Waals surface area contributed by atoms with E-state index in [0.29, 0.717) is 30.0 Å². The summed E-state index contributed by atoms with van der Waals surface area (Å²) < 4.78 is 16.1. The molecule has 1 aliphatic carbocycles. The average molecular weight is 295 g/mol. The summed E-state index contributed by atoms with van der Waals surface area (Å²) in [6.45, 7) is 9.57. The Balaban J connectivity index is 1.91. The van der Waals surface area contributed by atoms with Gasteiger partial charge in [-0.3, -0.25) is 0 Å². The molecular weight excluding hydrogens is 270 g/mol. The summed E-state index contributed by atoms with van der Waals surface area (Å²) in [5.74, 6) is 0.991. The van der Waals surface area contributed by atoms with Crippen LogP contribution in [0.3, 0.4) is 0 Å². The number of hydrogen-bond acceptors (Lipinski definition) is 5. The van der Waals surface area contributed by atoms with Crippen LogP contribution in [0.5, 0.6) is 0 Å². The standard InChI is InChI=1S/C16H25NO4/c1-6-20-14-8-13(16(14,3)4)17-9-11-7-12(10(2)21-11)15(18)19-5/h7,13-14,17H,6,8-9H2,1-5H3. The second kappa shape index (κ2) is 6.20. The van der Waals surface area contributed by atoms with Gasteiger partial charge in [-0.15, -0.1) is 0 Å². The summed E-state index contributed by atoms with van der Waals surface area (Å²) >= 11 is 0. The summed E-state index contributed by atoms with van der Waals surface area (Å²) in [4.78, 5) is 11.6. The molecule has 2 atom stereocenters. The SMILES string of the molecule is CCOC1CC(NCc2cc(C(=O)OC)c(C)o2)C1(C)C. The predicted octanol–water partition coefficient (Wildman–Crippen LogP) is 2.67. The molecule has 2 rings (SSSR count). The van der Waals surface area contributed by atoms with Crippen molar-refractivity contribution in [2.24, 2.45) is 5.41 Å². The summed E-state index contributed by atoms with van der Waals surface area (Å²) in [5, 5.41) is 3.49. The van der Waals surface area contributed by atoms with Crippen LogP contribution in [0.25, 0.3) is 0 Å². The van der Waals surface area contributed by atoms with Gasteiger partial charge in [-0.05, 0) is 26.3 Å². The molecule has 0 radical (unpaired) electrons. The number of carbonyl (C=O) groups excluding carboxylic acids is 1.